The standard InChI is InChI=1S/C22H24N4O/c1-14(2)22(27)25-13-16-9-5-6-10-17(16)20-21(26(15(3)4)24-23-20)18-11-7-8-12-19(18)25/h5-12,14-15H,13H2,1-4H3/p+1. The number of anilines is 1. The number of carbonyl (C=O) groups excluding carboxylic acids is 1. The molecule has 0 atom stereocenters. The molecule has 2 heterocycles. The second kappa shape index (κ2) is 6.65. The quantitative estimate of drug-likeness (QED) is 0.698. The normalized spacial score (nSPS) is 13.0. The van der Waals surface area contributed by atoms with Gasteiger partial charge in [-0.25, -0.2) is 0 Å². The van der Waals surface area contributed by atoms with Gasteiger partial charge in [0.1, 0.15) is 6.04 Å². The lowest BCUT2D eigenvalue weighted by atomic mass is 9.95. The number of hydrogen-bond acceptors (Lipinski definition) is 2. The summed E-state index contributed by atoms with van der Waals surface area (Å²) in [6.45, 7) is 8.70. The minimum Gasteiger partial charge on any atom is -0.307 e. The fourth-order valence-electron chi connectivity index (χ4n) is 3.70. The molecule has 27 heavy (non-hydrogen) atoms. The third-order valence-electron chi connectivity index (χ3n) is 5.06. The van der Waals surface area contributed by atoms with Crippen LogP contribution >= 0.6 is 0 Å². The SMILES string of the molecule is CC(C)C(=O)N1Cc2ccccc2-c2n[nH][n+](C(C)C)c2-c2ccccc21. The van der Waals surface area contributed by atoms with Crippen LogP contribution in [0.1, 0.15) is 39.3 Å². The average molecular weight is 361 g/mol. The highest BCUT2D eigenvalue weighted by molar-refractivity contribution is 6.00. The fourth-order valence-corrected chi connectivity index (χ4v) is 3.70. The summed E-state index contributed by atoms with van der Waals surface area (Å²) in [4.78, 5) is 15.0. The van der Waals surface area contributed by atoms with E-state index in [2.05, 4.69) is 47.0 Å². The minimum atomic E-state index is -0.0781. The lowest BCUT2D eigenvalue weighted by Gasteiger charge is -2.28. The van der Waals surface area contributed by atoms with Gasteiger partial charge in [-0.2, -0.15) is 4.68 Å². The summed E-state index contributed by atoms with van der Waals surface area (Å²) in [5.74, 6) is 0.0472. The molecule has 0 saturated carbocycles. The maximum atomic E-state index is 13.1. The molecule has 3 aromatic rings. The van der Waals surface area contributed by atoms with Crippen LogP contribution in [0.3, 0.4) is 0 Å². The fraction of sp³-hybridized carbons (Fsp3) is 0.318. The van der Waals surface area contributed by atoms with Crippen molar-refractivity contribution in [3.05, 3.63) is 54.1 Å². The third kappa shape index (κ3) is 2.83. The van der Waals surface area contributed by atoms with E-state index < -0.39 is 0 Å². The Morgan fingerprint density at radius 3 is 2.41 bits per heavy atom. The van der Waals surface area contributed by atoms with E-state index in [0.29, 0.717) is 6.54 Å². The van der Waals surface area contributed by atoms with Gasteiger partial charge in [-0.15, -0.1) is 0 Å². The van der Waals surface area contributed by atoms with Crippen LogP contribution in [0.4, 0.5) is 5.69 Å². The molecule has 2 aromatic carbocycles. The van der Waals surface area contributed by atoms with Crippen molar-refractivity contribution in [3.8, 4) is 22.5 Å². The molecule has 1 aliphatic heterocycles. The van der Waals surface area contributed by atoms with E-state index >= 15 is 0 Å². The van der Waals surface area contributed by atoms with E-state index in [9.17, 15) is 4.79 Å². The van der Waals surface area contributed by atoms with Crippen LogP contribution in [-0.4, -0.2) is 16.2 Å². The highest BCUT2D eigenvalue weighted by atomic mass is 16.2. The maximum Gasteiger partial charge on any atom is 0.257 e. The largest absolute Gasteiger partial charge is 0.307 e. The molecule has 1 amide bonds. The summed E-state index contributed by atoms with van der Waals surface area (Å²) in [6, 6.07) is 16.6. The van der Waals surface area contributed by atoms with Crippen molar-refractivity contribution in [2.24, 2.45) is 5.92 Å². The van der Waals surface area contributed by atoms with Crippen LogP contribution in [0.15, 0.2) is 48.5 Å². The van der Waals surface area contributed by atoms with Gasteiger partial charge in [0.15, 0.2) is 0 Å². The van der Waals surface area contributed by atoms with Gasteiger partial charge in [0.25, 0.3) is 5.69 Å². The summed E-state index contributed by atoms with van der Waals surface area (Å²) in [6.07, 6.45) is 0. The molecule has 1 aromatic heterocycles. The number of H-pyrrole nitrogens is 1. The number of para-hydroxylation sites is 1. The molecule has 0 aliphatic carbocycles. The van der Waals surface area contributed by atoms with Gasteiger partial charge < -0.3 is 4.90 Å². The Labute approximate surface area is 159 Å². The number of carbonyl (C=O) groups is 1. The summed E-state index contributed by atoms with van der Waals surface area (Å²) in [5, 5.41) is 7.84. The number of hydrogen-bond donors (Lipinski definition) is 1. The second-order valence-corrected chi connectivity index (χ2v) is 7.63. The molecule has 5 heteroatoms. The number of amides is 1. The zero-order valence-corrected chi connectivity index (χ0v) is 16.2. The van der Waals surface area contributed by atoms with Crippen molar-refractivity contribution in [1.29, 1.82) is 0 Å². The molecule has 0 saturated heterocycles. The highest BCUT2D eigenvalue weighted by Crippen LogP contribution is 2.40. The number of nitrogens with zero attached hydrogens (tertiary/aromatic N) is 3. The first-order valence-electron chi connectivity index (χ1n) is 9.48. The first-order chi connectivity index (χ1) is 13.0. The van der Waals surface area contributed by atoms with E-state index in [4.69, 9.17) is 0 Å². The smallest absolute Gasteiger partial charge is 0.257 e. The van der Waals surface area contributed by atoms with Crippen molar-refractivity contribution < 1.29 is 9.48 Å². The molecule has 0 bridgehead atoms. The van der Waals surface area contributed by atoms with Crippen LogP contribution in [-0.2, 0) is 11.3 Å². The number of aromatic nitrogens is 3. The highest BCUT2D eigenvalue weighted by Gasteiger charge is 2.34. The molecular weight excluding hydrogens is 336 g/mol. The zero-order chi connectivity index (χ0) is 19.1. The van der Waals surface area contributed by atoms with E-state index in [1.165, 1.54) is 0 Å². The predicted octanol–water partition coefficient (Wildman–Crippen LogP) is 4.11. The number of benzene rings is 2. The van der Waals surface area contributed by atoms with E-state index in [1.807, 2.05) is 49.1 Å². The Balaban J connectivity index is 2.07. The monoisotopic (exact) mass is 361 g/mol. The molecule has 5 nitrogen and oxygen atoms in total. The molecule has 0 radical (unpaired) electrons. The number of fused-ring (bicyclic) bond motifs is 5. The Bertz CT molecular complexity index is 1000. The van der Waals surface area contributed by atoms with Crippen molar-refractivity contribution in [2.75, 3.05) is 4.90 Å². The van der Waals surface area contributed by atoms with Crippen molar-refractivity contribution >= 4 is 11.6 Å². The number of nitrogens with one attached hydrogen (secondary N) is 1. The van der Waals surface area contributed by atoms with Crippen LogP contribution in [0, 0.1) is 5.92 Å². The number of aromatic amines is 1. The molecule has 138 valence electrons. The first kappa shape index (κ1) is 17.5. The first-order valence-corrected chi connectivity index (χ1v) is 9.48. The summed E-state index contributed by atoms with van der Waals surface area (Å²) < 4.78 is 2.08. The van der Waals surface area contributed by atoms with Gasteiger partial charge in [0, 0.05) is 16.6 Å². The van der Waals surface area contributed by atoms with Gasteiger partial charge >= 0.3 is 0 Å². The predicted molar refractivity (Wildman–Crippen MR) is 106 cm³/mol. The summed E-state index contributed by atoms with van der Waals surface area (Å²) in [7, 11) is 0. The topological polar surface area (TPSA) is 52.9 Å². The van der Waals surface area contributed by atoms with E-state index in [0.717, 1.165) is 33.8 Å². The lowest BCUT2D eigenvalue weighted by molar-refractivity contribution is -0.761. The minimum absolute atomic E-state index is 0.0781. The maximum absolute atomic E-state index is 13.1. The van der Waals surface area contributed by atoms with Crippen LogP contribution in [0.5, 0.6) is 0 Å². The average Bonchev–Trinajstić information content (AvgIpc) is 3.09. The summed E-state index contributed by atoms with van der Waals surface area (Å²) >= 11 is 0. The number of rotatable bonds is 2. The van der Waals surface area contributed by atoms with Gasteiger partial charge in [0.05, 0.1) is 17.8 Å². The van der Waals surface area contributed by atoms with Crippen LogP contribution in [0.2, 0.25) is 0 Å². The zero-order valence-electron chi connectivity index (χ0n) is 16.2. The van der Waals surface area contributed by atoms with Crippen molar-refractivity contribution in [1.82, 2.24) is 10.3 Å². The molecule has 1 N–H and O–H groups in total. The van der Waals surface area contributed by atoms with Gasteiger partial charge in [-0.1, -0.05) is 49.4 Å². The van der Waals surface area contributed by atoms with E-state index in [1.54, 1.807) is 0 Å². The molecule has 0 unspecified atom stereocenters. The van der Waals surface area contributed by atoms with Crippen molar-refractivity contribution in [3.63, 3.8) is 0 Å². The Morgan fingerprint density at radius 1 is 1.04 bits per heavy atom. The Kier molecular flexibility index (Phi) is 4.30. The molecule has 0 fully saturated rings. The van der Waals surface area contributed by atoms with E-state index in [-0.39, 0.29) is 17.9 Å². The lowest BCUT2D eigenvalue weighted by Crippen LogP contribution is -2.41. The molecular formula is C22H25N4O+. The second-order valence-electron chi connectivity index (χ2n) is 7.63. The third-order valence-corrected chi connectivity index (χ3v) is 5.06. The van der Waals surface area contributed by atoms with Crippen LogP contribution in [0.25, 0.3) is 22.5 Å². The Morgan fingerprint density at radius 2 is 1.70 bits per heavy atom. The molecule has 0 spiro atoms. The van der Waals surface area contributed by atoms with Crippen molar-refractivity contribution in [2.45, 2.75) is 40.3 Å². The molecule has 4 rings (SSSR count). The van der Waals surface area contributed by atoms with Gasteiger partial charge in [0.2, 0.25) is 11.6 Å². The Hall–Kier alpha value is -2.95. The van der Waals surface area contributed by atoms with Crippen LogP contribution < -0.4 is 9.58 Å². The van der Waals surface area contributed by atoms with Gasteiger partial charge in [-0.05, 0) is 37.6 Å². The van der Waals surface area contributed by atoms with Gasteiger partial charge in [-0.3, -0.25) is 4.79 Å². The molecule has 1 aliphatic rings. The summed E-state index contributed by atoms with van der Waals surface area (Å²) in [5.41, 5.74) is 6.09.